The monoisotopic (exact) mass is 630 g/mol. The van der Waals surface area contributed by atoms with Crippen molar-refractivity contribution in [2.45, 2.75) is 12.5 Å². The van der Waals surface area contributed by atoms with Gasteiger partial charge in [-0.05, 0) is 23.1 Å². The molecular formula is C29H38N6O10. The maximum atomic E-state index is 12.7. The predicted molar refractivity (Wildman–Crippen MR) is 160 cm³/mol. The number of nitrogens with two attached hydrogens (primary N) is 1. The van der Waals surface area contributed by atoms with E-state index in [0.29, 0.717) is 0 Å². The maximum Gasteiger partial charge on any atom is 0.317 e. The van der Waals surface area contributed by atoms with Gasteiger partial charge in [0.15, 0.2) is 0 Å². The lowest BCUT2D eigenvalue weighted by Gasteiger charge is -2.28. The summed E-state index contributed by atoms with van der Waals surface area (Å²) in [5.74, 6) is -6.41. The van der Waals surface area contributed by atoms with Crippen LogP contribution in [0.3, 0.4) is 0 Å². The van der Waals surface area contributed by atoms with Crippen molar-refractivity contribution in [1.82, 2.24) is 25.6 Å². The molecule has 2 aromatic carbocycles. The van der Waals surface area contributed by atoms with Crippen LogP contribution in [-0.4, -0.2) is 136 Å². The van der Waals surface area contributed by atoms with E-state index in [-0.39, 0.29) is 39.1 Å². The van der Waals surface area contributed by atoms with E-state index in [1.165, 1.54) is 4.90 Å². The lowest BCUT2D eigenvalue weighted by molar-refractivity contribution is -0.143. The number of benzene rings is 2. The van der Waals surface area contributed by atoms with E-state index in [1.54, 1.807) is 0 Å². The van der Waals surface area contributed by atoms with Crippen LogP contribution in [0.25, 0.3) is 11.1 Å². The number of carboxylic acids is 4. The molecule has 1 atom stereocenters. The molecule has 0 bridgehead atoms. The zero-order chi connectivity index (χ0) is 33.4. The van der Waals surface area contributed by atoms with E-state index in [2.05, 4.69) is 10.9 Å². The summed E-state index contributed by atoms with van der Waals surface area (Å²) in [6, 6.07) is 16.2. The first kappa shape index (κ1) is 36.3. The summed E-state index contributed by atoms with van der Waals surface area (Å²) in [4.78, 5) is 73.5. The predicted octanol–water partition coefficient (Wildman–Crippen LogP) is -1.38. The summed E-state index contributed by atoms with van der Waals surface area (Å²) >= 11 is 0. The zero-order valence-electron chi connectivity index (χ0n) is 24.5. The Kier molecular flexibility index (Phi) is 15.1. The normalized spacial score (nSPS) is 11.7. The van der Waals surface area contributed by atoms with Crippen molar-refractivity contribution in [1.29, 1.82) is 0 Å². The molecule has 2 aromatic rings. The van der Waals surface area contributed by atoms with Gasteiger partial charge in [-0.3, -0.25) is 54.3 Å². The van der Waals surface area contributed by atoms with E-state index in [9.17, 15) is 28.8 Å². The van der Waals surface area contributed by atoms with E-state index < -0.39 is 67.9 Å². The van der Waals surface area contributed by atoms with Crippen LogP contribution in [0.1, 0.15) is 5.56 Å². The Balaban J connectivity index is 1.98. The number of nitrogens with zero attached hydrogens (tertiary/aromatic N) is 3. The van der Waals surface area contributed by atoms with Crippen LogP contribution in [-0.2, 0) is 35.2 Å². The second-order valence-corrected chi connectivity index (χ2v) is 10.2. The molecule has 0 aromatic heterocycles. The second-order valence-electron chi connectivity index (χ2n) is 10.2. The van der Waals surface area contributed by atoms with Crippen molar-refractivity contribution in [3.63, 3.8) is 0 Å². The molecule has 0 aliphatic carbocycles. The highest BCUT2D eigenvalue weighted by Gasteiger charge is 2.21. The molecule has 0 heterocycles. The number of hydrogen-bond donors (Lipinski definition) is 7. The summed E-state index contributed by atoms with van der Waals surface area (Å²) in [7, 11) is 0. The number of carbonyl (C=O) groups is 6. The van der Waals surface area contributed by atoms with Crippen LogP contribution in [0.2, 0.25) is 0 Å². The first-order valence-corrected chi connectivity index (χ1v) is 13.8. The summed E-state index contributed by atoms with van der Waals surface area (Å²) in [6.45, 7) is -2.97. The number of aliphatic carboxylic acids is 4. The van der Waals surface area contributed by atoms with Crippen LogP contribution in [0.15, 0.2) is 54.6 Å². The topological polar surface area (TPSA) is 243 Å². The Bertz CT molecular complexity index is 1240. The third-order valence-corrected chi connectivity index (χ3v) is 6.45. The van der Waals surface area contributed by atoms with Crippen molar-refractivity contribution in [2.24, 2.45) is 5.73 Å². The SMILES string of the molecule is N[C@H](Cc1ccc(-c2ccccc2)cc1)C(=O)NNC(=O)CN(CCN(CC(=O)O)CC(=O)O)CCN(CC(=O)O)CC(=O)O. The fourth-order valence-corrected chi connectivity index (χ4v) is 4.31. The molecule has 2 rings (SSSR count). The van der Waals surface area contributed by atoms with Crippen LogP contribution >= 0.6 is 0 Å². The Hall–Kier alpha value is -4.90. The summed E-state index contributed by atoms with van der Waals surface area (Å²) in [5.41, 5.74) is 13.4. The average Bonchev–Trinajstić information content (AvgIpc) is 2.96. The molecule has 244 valence electrons. The highest BCUT2D eigenvalue weighted by Crippen LogP contribution is 2.19. The van der Waals surface area contributed by atoms with Crippen LogP contribution in [0.5, 0.6) is 0 Å². The van der Waals surface area contributed by atoms with E-state index in [4.69, 9.17) is 26.2 Å². The number of hydrazine groups is 1. The van der Waals surface area contributed by atoms with Gasteiger partial charge >= 0.3 is 23.9 Å². The lowest BCUT2D eigenvalue weighted by atomic mass is 10.0. The van der Waals surface area contributed by atoms with Gasteiger partial charge in [0.05, 0.1) is 38.8 Å². The van der Waals surface area contributed by atoms with Gasteiger partial charge in [-0.25, -0.2) is 0 Å². The van der Waals surface area contributed by atoms with Gasteiger partial charge in [-0.15, -0.1) is 0 Å². The molecule has 0 aliphatic heterocycles. The fourth-order valence-electron chi connectivity index (χ4n) is 4.31. The van der Waals surface area contributed by atoms with Crippen LogP contribution in [0.4, 0.5) is 0 Å². The molecule has 45 heavy (non-hydrogen) atoms. The Morgan fingerprint density at radius 2 is 1.00 bits per heavy atom. The molecule has 0 saturated carbocycles. The minimum absolute atomic E-state index is 0.0333. The molecule has 0 unspecified atom stereocenters. The first-order valence-electron chi connectivity index (χ1n) is 13.8. The number of hydrogen-bond acceptors (Lipinski definition) is 10. The van der Waals surface area contributed by atoms with Gasteiger partial charge in [0, 0.05) is 26.2 Å². The van der Waals surface area contributed by atoms with Gasteiger partial charge < -0.3 is 26.2 Å². The number of amides is 2. The van der Waals surface area contributed by atoms with E-state index in [0.717, 1.165) is 26.5 Å². The van der Waals surface area contributed by atoms with Crippen molar-refractivity contribution in [3.8, 4) is 11.1 Å². The Morgan fingerprint density at radius 3 is 1.44 bits per heavy atom. The Labute approximate surface area is 259 Å². The number of carboxylic acid groups (broad SMARTS) is 4. The number of nitrogens with one attached hydrogen (secondary N) is 2. The third kappa shape index (κ3) is 14.9. The highest BCUT2D eigenvalue weighted by atomic mass is 16.4. The van der Waals surface area contributed by atoms with Gasteiger partial charge in [0.1, 0.15) is 0 Å². The molecular weight excluding hydrogens is 592 g/mol. The van der Waals surface area contributed by atoms with Crippen molar-refractivity contribution in [3.05, 3.63) is 60.2 Å². The fraction of sp³-hybridized carbons (Fsp3) is 0.379. The van der Waals surface area contributed by atoms with E-state index >= 15 is 0 Å². The van der Waals surface area contributed by atoms with Gasteiger partial charge in [-0.2, -0.15) is 0 Å². The summed E-state index contributed by atoms with van der Waals surface area (Å²) in [5, 5.41) is 36.4. The average molecular weight is 631 g/mol. The summed E-state index contributed by atoms with van der Waals surface area (Å²) in [6.07, 6.45) is 0.189. The third-order valence-electron chi connectivity index (χ3n) is 6.45. The van der Waals surface area contributed by atoms with Gasteiger partial charge in [-0.1, -0.05) is 54.6 Å². The lowest BCUT2D eigenvalue weighted by Crippen LogP contribution is -2.53. The summed E-state index contributed by atoms with van der Waals surface area (Å²) < 4.78 is 0. The smallest absolute Gasteiger partial charge is 0.317 e. The molecule has 0 fully saturated rings. The Morgan fingerprint density at radius 1 is 0.578 bits per heavy atom. The van der Waals surface area contributed by atoms with Crippen LogP contribution < -0.4 is 16.6 Å². The number of carbonyl (C=O) groups excluding carboxylic acids is 2. The molecule has 2 amide bonds. The highest BCUT2D eigenvalue weighted by molar-refractivity contribution is 5.86. The molecule has 0 aliphatic rings. The molecule has 0 spiro atoms. The first-order chi connectivity index (χ1) is 21.3. The maximum absolute atomic E-state index is 12.7. The van der Waals surface area contributed by atoms with E-state index in [1.807, 2.05) is 54.6 Å². The molecule has 16 heteroatoms. The van der Waals surface area contributed by atoms with Crippen molar-refractivity contribution in [2.75, 3.05) is 58.9 Å². The molecule has 0 saturated heterocycles. The number of rotatable bonds is 20. The quantitative estimate of drug-likeness (QED) is 0.0834. The minimum atomic E-state index is -1.26. The van der Waals surface area contributed by atoms with Crippen LogP contribution in [0, 0.1) is 0 Å². The molecule has 16 nitrogen and oxygen atoms in total. The van der Waals surface area contributed by atoms with Gasteiger partial charge in [0.25, 0.3) is 11.8 Å². The molecule has 8 N–H and O–H groups in total. The van der Waals surface area contributed by atoms with Crippen molar-refractivity contribution < 1.29 is 49.2 Å². The van der Waals surface area contributed by atoms with Gasteiger partial charge in [0.2, 0.25) is 0 Å². The van der Waals surface area contributed by atoms with Crippen molar-refractivity contribution >= 4 is 35.7 Å². The standard InChI is InChI=1S/C29H38N6O10/c30-23(14-20-6-8-22(9-7-20)21-4-2-1-3-5-21)29(45)32-31-24(36)15-33(10-12-34(16-25(37)38)17-26(39)40)11-13-35(18-27(41)42)19-28(43)44/h1-9,23H,10-19,30H2,(H,31,36)(H,32,45)(H,37,38)(H,39,40)(H,41,42)(H,43,44)/t23-/m1/s1. The minimum Gasteiger partial charge on any atom is -0.480 e. The zero-order valence-corrected chi connectivity index (χ0v) is 24.5. The second kappa shape index (κ2) is 18.7. The molecule has 0 radical (unpaired) electrons. The largest absolute Gasteiger partial charge is 0.480 e.